The number of rotatable bonds is 1. The Morgan fingerprint density at radius 1 is 1.12 bits per heavy atom. The number of aldehydes is 1. The Hall–Kier alpha value is -1.81. The normalized spacial score (nSPS) is 7.06. The molecule has 0 saturated carbocycles. The van der Waals surface area contributed by atoms with E-state index < -0.39 is 0 Å². The van der Waals surface area contributed by atoms with Gasteiger partial charge in [0.25, 0.3) is 0 Å². The molecule has 0 unspecified atom stereocenters. The molecule has 0 radical (unpaired) electrons. The van der Waals surface area contributed by atoms with Gasteiger partial charge < -0.3 is 14.3 Å². The zero-order valence-corrected chi connectivity index (χ0v) is 7.77. The highest BCUT2D eigenvalue weighted by molar-refractivity contribution is 5.69. The van der Waals surface area contributed by atoms with Crippen molar-refractivity contribution in [3.63, 3.8) is 0 Å². The summed E-state index contributed by atoms with van der Waals surface area (Å²) in [5, 5.41) is 0. The van der Waals surface area contributed by atoms with Gasteiger partial charge in [0.05, 0.1) is 12.5 Å². The van der Waals surface area contributed by atoms with E-state index in [1.54, 1.807) is 18.4 Å². The largest absolute Gasteiger partial charge is 0.470 e. The van der Waals surface area contributed by atoms with Crippen LogP contribution in [0.2, 0.25) is 0 Å². The molecular formula is C12H26O4. The molecule has 0 aliphatic heterocycles. The topological polar surface area (TPSA) is 74.8 Å². The van der Waals surface area contributed by atoms with Crippen molar-refractivity contribution in [2.75, 3.05) is 0 Å². The van der Waals surface area contributed by atoms with Crippen LogP contribution in [-0.4, -0.2) is 11.8 Å². The summed E-state index contributed by atoms with van der Waals surface area (Å²) < 4.78 is 9.45. The van der Waals surface area contributed by atoms with Crippen molar-refractivity contribution >= 4 is 6.29 Å². The van der Waals surface area contributed by atoms with Gasteiger partial charge in [-0.15, -0.1) is 0 Å². The van der Waals surface area contributed by atoms with E-state index in [9.17, 15) is 4.79 Å². The Morgan fingerprint density at radius 3 is 1.88 bits per heavy atom. The molecule has 0 bridgehead atoms. The van der Waals surface area contributed by atoms with Crippen LogP contribution in [0.1, 0.15) is 35.4 Å². The Kier molecular flexibility index (Phi) is 13.9. The second-order valence-corrected chi connectivity index (χ2v) is 2.36. The molecular weight excluding hydrogens is 208 g/mol. The van der Waals surface area contributed by atoms with Crippen LogP contribution >= 0.6 is 0 Å². The lowest BCUT2D eigenvalue weighted by Gasteiger charge is -1.69. The van der Waals surface area contributed by atoms with Crippen LogP contribution in [0, 0.1) is 6.92 Å². The van der Waals surface area contributed by atoms with Crippen molar-refractivity contribution < 1.29 is 23.4 Å². The summed E-state index contributed by atoms with van der Waals surface area (Å²) in [6.07, 6.45) is 3.79. The fourth-order valence-electron chi connectivity index (χ4n) is 0.719. The SMILES string of the molecule is C.C.Cc1ccco1.O.O=Cc1ccco1.[HH].[HH].[HH]. The lowest BCUT2D eigenvalue weighted by atomic mass is 10.5. The molecule has 0 amide bonds. The highest BCUT2D eigenvalue weighted by atomic mass is 16.3. The number of hydrogen-bond acceptors (Lipinski definition) is 3. The summed E-state index contributed by atoms with van der Waals surface area (Å²) in [5.74, 6) is 1.34. The van der Waals surface area contributed by atoms with Crippen molar-refractivity contribution in [1.82, 2.24) is 0 Å². The van der Waals surface area contributed by atoms with Gasteiger partial charge in [0.2, 0.25) is 0 Å². The monoisotopic (exact) mass is 234 g/mol. The molecule has 0 spiro atoms. The summed E-state index contributed by atoms with van der Waals surface area (Å²) in [4.78, 5) is 9.77. The molecule has 2 heterocycles. The summed E-state index contributed by atoms with van der Waals surface area (Å²) in [5.41, 5.74) is 0. The smallest absolute Gasteiger partial charge is 0.185 e. The molecule has 4 heteroatoms. The van der Waals surface area contributed by atoms with Crippen molar-refractivity contribution in [3.8, 4) is 0 Å². The molecule has 0 aliphatic rings. The van der Waals surface area contributed by atoms with Crippen molar-refractivity contribution in [2.24, 2.45) is 0 Å². The third-order valence-corrected chi connectivity index (χ3v) is 1.32. The molecule has 4 nitrogen and oxygen atoms in total. The average molecular weight is 234 g/mol. The van der Waals surface area contributed by atoms with Gasteiger partial charge in [-0.2, -0.15) is 0 Å². The van der Waals surface area contributed by atoms with Crippen LogP contribution in [-0.2, 0) is 0 Å². The molecule has 0 aromatic carbocycles. The van der Waals surface area contributed by atoms with Crippen molar-refractivity contribution in [3.05, 3.63) is 48.3 Å². The quantitative estimate of drug-likeness (QED) is 0.703. The third kappa shape index (κ3) is 7.58. The molecule has 16 heavy (non-hydrogen) atoms. The van der Waals surface area contributed by atoms with Crippen LogP contribution < -0.4 is 0 Å². The van der Waals surface area contributed by atoms with Gasteiger partial charge in [0, 0.05) is 4.28 Å². The summed E-state index contributed by atoms with van der Waals surface area (Å²) in [6.45, 7) is 1.92. The molecule has 0 fully saturated rings. The van der Waals surface area contributed by atoms with E-state index in [1.165, 1.54) is 6.26 Å². The second kappa shape index (κ2) is 11.3. The van der Waals surface area contributed by atoms with E-state index in [1.807, 2.05) is 19.1 Å². The molecule has 2 rings (SSSR count). The fraction of sp³-hybridized carbons (Fsp3) is 0.250. The zero-order valence-electron chi connectivity index (χ0n) is 7.77. The Bertz CT molecular complexity index is 334. The molecule has 2 N–H and O–H groups in total. The van der Waals surface area contributed by atoms with E-state index >= 15 is 0 Å². The summed E-state index contributed by atoms with van der Waals surface area (Å²) >= 11 is 0. The first-order valence-electron chi connectivity index (χ1n) is 3.81. The third-order valence-electron chi connectivity index (χ3n) is 1.32. The lowest BCUT2D eigenvalue weighted by molar-refractivity contribution is 0.110. The van der Waals surface area contributed by atoms with Gasteiger partial charge >= 0.3 is 0 Å². The predicted molar refractivity (Wildman–Crippen MR) is 71.0 cm³/mol. The highest BCUT2D eigenvalue weighted by Gasteiger charge is 1.84. The van der Waals surface area contributed by atoms with Crippen molar-refractivity contribution in [2.45, 2.75) is 21.8 Å². The van der Waals surface area contributed by atoms with E-state index in [0.29, 0.717) is 12.0 Å². The molecule has 2 aromatic rings. The average Bonchev–Trinajstić information content (AvgIpc) is 2.76. The Balaban J connectivity index is -0.0000000340. The molecule has 0 atom stereocenters. The molecule has 0 aliphatic carbocycles. The Labute approximate surface area is 101 Å². The van der Waals surface area contributed by atoms with Crippen LogP contribution in [0.4, 0.5) is 0 Å². The first kappa shape index (κ1) is 19.7. The van der Waals surface area contributed by atoms with E-state index in [0.717, 1.165) is 5.76 Å². The summed E-state index contributed by atoms with van der Waals surface area (Å²) in [6, 6.07) is 7.06. The Morgan fingerprint density at radius 2 is 1.69 bits per heavy atom. The van der Waals surface area contributed by atoms with Gasteiger partial charge in [0.1, 0.15) is 5.76 Å². The van der Waals surface area contributed by atoms with Crippen LogP contribution in [0.3, 0.4) is 0 Å². The van der Waals surface area contributed by atoms with Crippen molar-refractivity contribution in [1.29, 1.82) is 0 Å². The first-order chi connectivity index (χ1) is 6.33. The van der Waals surface area contributed by atoms with Gasteiger partial charge in [-0.05, 0) is 31.2 Å². The highest BCUT2D eigenvalue weighted by Crippen LogP contribution is 1.93. The first-order valence-corrected chi connectivity index (χ1v) is 3.81. The van der Waals surface area contributed by atoms with Crippen LogP contribution in [0.25, 0.3) is 0 Å². The zero-order chi connectivity index (χ0) is 9.52. The van der Waals surface area contributed by atoms with Crippen LogP contribution in [0.15, 0.2) is 45.6 Å². The number of furan rings is 2. The van der Waals surface area contributed by atoms with E-state index in [4.69, 9.17) is 4.42 Å². The van der Waals surface area contributed by atoms with Gasteiger partial charge in [-0.3, -0.25) is 4.79 Å². The van der Waals surface area contributed by atoms with Gasteiger partial charge in [0.15, 0.2) is 12.0 Å². The minimum atomic E-state index is 0. The molecule has 2 aromatic heterocycles. The number of carbonyl (C=O) groups is 1. The maximum atomic E-state index is 9.77. The lowest BCUT2D eigenvalue weighted by Crippen LogP contribution is -1.65. The maximum Gasteiger partial charge on any atom is 0.185 e. The van der Waals surface area contributed by atoms with Gasteiger partial charge in [-0.1, -0.05) is 14.9 Å². The number of carbonyl (C=O) groups excluding carboxylic acids is 1. The van der Waals surface area contributed by atoms with E-state index in [2.05, 4.69) is 4.42 Å². The molecule has 98 valence electrons. The minimum Gasteiger partial charge on any atom is -0.470 e. The standard InChI is InChI=1S/C5H4O2.C5H6O.2CH4.H2O.3H2/c6-4-5-2-1-3-7-5;1-5-3-2-4-6-5;;;;;;/h1-4H;2-4H,1H3;2*1H4;1H2;3*1H. The number of hydrogen-bond donors (Lipinski definition) is 0. The molecule has 0 saturated heterocycles. The summed E-state index contributed by atoms with van der Waals surface area (Å²) in [7, 11) is 0. The number of aryl methyl sites for hydroxylation is 1. The van der Waals surface area contributed by atoms with Crippen LogP contribution in [0.5, 0.6) is 0 Å². The predicted octanol–water partition coefficient (Wildman–Crippen LogP) is 3.87. The second-order valence-electron chi connectivity index (χ2n) is 2.36. The fourth-order valence-corrected chi connectivity index (χ4v) is 0.719. The minimum absolute atomic E-state index is 0. The maximum absolute atomic E-state index is 9.77. The van der Waals surface area contributed by atoms with E-state index in [-0.39, 0.29) is 24.6 Å². The van der Waals surface area contributed by atoms with Gasteiger partial charge in [-0.25, -0.2) is 0 Å².